The number of fused-ring (bicyclic) bond motifs is 2. The van der Waals surface area contributed by atoms with Gasteiger partial charge in [0.15, 0.2) is 0 Å². The average molecular weight is 401 g/mol. The van der Waals surface area contributed by atoms with Crippen LogP contribution in [0.4, 0.5) is 5.00 Å². The van der Waals surface area contributed by atoms with Crippen LogP contribution >= 0.6 is 11.3 Å². The number of carbonyl (C=O) groups is 2. The van der Waals surface area contributed by atoms with Crippen LogP contribution in [0.25, 0.3) is 0 Å². The highest BCUT2D eigenvalue weighted by Gasteiger charge is 2.41. The number of sulfonamides is 1. The molecular weight excluding hydrogens is 386 g/mol. The number of nitrogens with one attached hydrogen (secondary N) is 1. The van der Waals surface area contributed by atoms with Gasteiger partial charge in [-0.15, -0.1) is 11.3 Å². The summed E-state index contributed by atoms with van der Waals surface area (Å²) in [6.45, 7) is -0.622. The van der Waals surface area contributed by atoms with Gasteiger partial charge in [0, 0.05) is 4.88 Å². The maximum Gasteiger partial charge on any atom is 0.269 e. The van der Waals surface area contributed by atoms with Crippen molar-refractivity contribution in [2.24, 2.45) is 0 Å². The number of rotatable bonds is 3. The first kappa shape index (κ1) is 17.7. The van der Waals surface area contributed by atoms with Gasteiger partial charge in [-0.2, -0.15) is 5.26 Å². The monoisotopic (exact) mass is 401 g/mol. The zero-order valence-corrected chi connectivity index (χ0v) is 15.8. The summed E-state index contributed by atoms with van der Waals surface area (Å²) in [4.78, 5) is 25.9. The van der Waals surface area contributed by atoms with Gasteiger partial charge >= 0.3 is 0 Å². The van der Waals surface area contributed by atoms with Crippen LogP contribution in [0.3, 0.4) is 0 Å². The number of anilines is 1. The van der Waals surface area contributed by atoms with E-state index in [4.69, 9.17) is 0 Å². The molecule has 0 bridgehead atoms. The second-order valence-corrected chi connectivity index (χ2v) is 9.32. The predicted molar refractivity (Wildman–Crippen MR) is 99.0 cm³/mol. The van der Waals surface area contributed by atoms with Gasteiger partial charge in [0.25, 0.3) is 15.9 Å². The zero-order chi connectivity index (χ0) is 19.2. The summed E-state index contributed by atoms with van der Waals surface area (Å²) in [6.07, 6.45) is 3.73. The number of amides is 2. The third kappa shape index (κ3) is 2.81. The van der Waals surface area contributed by atoms with E-state index in [0.717, 1.165) is 36.1 Å². The Morgan fingerprint density at radius 3 is 2.74 bits per heavy atom. The largest absolute Gasteiger partial charge is 0.315 e. The minimum Gasteiger partial charge on any atom is -0.315 e. The van der Waals surface area contributed by atoms with E-state index in [1.54, 1.807) is 6.07 Å². The lowest BCUT2D eigenvalue weighted by atomic mass is 9.96. The predicted octanol–water partition coefficient (Wildman–Crippen LogP) is 2.28. The van der Waals surface area contributed by atoms with Gasteiger partial charge in [-0.05, 0) is 43.4 Å². The number of hydrogen-bond donors (Lipinski definition) is 1. The van der Waals surface area contributed by atoms with Crippen LogP contribution in [0.15, 0.2) is 29.2 Å². The molecule has 138 valence electrons. The number of hydrogen-bond acceptors (Lipinski definition) is 6. The number of nitrogens with zero attached hydrogens (tertiary/aromatic N) is 2. The fraction of sp³-hybridized carbons (Fsp3) is 0.278. The minimum atomic E-state index is -4.04. The molecule has 0 unspecified atom stereocenters. The van der Waals surface area contributed by atoms with Gasteiger partial charge in [0.05, 0.1) is 11.1 Å². The van der Waals surface area contributed by atoms with Crippen LogP contribution in [0.1, 0.15) is 39.2 Å². The van der Waals surface area contributed by atoms with Crippen LogP contribution in [0, 0.1) is 11.3 Å². The van der Waals surface area contributed by atoms with E-state index < -0.39 is 28.4 Å². The normalized spacial score (nSPS) is 17.1. The van der Waals surface area contributed by atoms with Crippen molar-refractivity contribution >= 4 is 38.2 Å². The number of carbonyl (C=O) groups excluding carboxylic acids is 2. The Labute approximate surface area is 160 Å². The van der Waals surface area contributed by atoms with E-state index >= 15 is 0 Å². The molecule has 0 saturated heterocycles. The van der Waals surface area contributed by atoms with Crippen LogP contribution in [0.2, 0.25) is 0 Å². The number of thiophene rings is 1. The summed E-state index contributed by atoms with van der Waals surface area (Å²) >= 11 is 1.35. The fourth-order valence-electron chi connectivity index (χ4n) is 3.46. The third-order valence-electron chi connectivity index (χ3n) is 4.74. The molecule has 0 spiro atoms. The van der Waals surface area contributed by atoms with Gasteiger partial charge in [-0.3, -0.25) is 9.59 Å². The molecule has 4 rings (SSSR count). The smallest absolute Gasteiger partial charge is 0.269 e. The standard InChI is InChI=1S/C18H15N3O4S2/c19-9-13-11-5-1-3-7-14(11)26-17(13)20-16(22)10-21-18(23)12-6-2-4-8-15(12)27(21,24)25/h2,4,6,8H,1,3,5,7,10H2,(H,20,22). The molecule has 0 saturated carbocycles. The second-order valence-electron chi connectivity index (χ2n) is 6.39. The van der Waals surface area contributed by atoms with Gasteiger partial charge in [0.2, 0.25) is 5.91 Å². The highest BCUT2D eigenvalue weighted by atomic mass is 32.2. The summed E-state index contributed by atoms with van der Waals surface area (Å²) in [6, 6.07) is 8.02. The molecule has 7 nitrogen and oxygen atoms in total. The molecule has 2 heterocycles. The summed E-state index contributed by atoms with van der Waals surface area (Å²) in [5, 5.41) is 12.5. The first-order valence-corrected chi connectivity index (χ1v) is 10.7. The molecule has 2 aliphatic rings. The van der Waals surface area contributed by atoms with Crippen molar-refractivity contribution in [1.82, 2.24) is 4.31 Å². The van der Waals surface area contributed by atoms with Crippen molar-refractivity contribution in [1.29, 1.82) is 5.26 Å². The summed E-state index contributed by atoms with van der Waals surface area (Å²) in [7, 11) is -4.04. The first-order valence-electron chi connectivity index (χ1n) is 8.44. The number of aryl methyl sites for hydroxylation is 1. The van der Waals surface area contributed by atoms with Gasteiger partial charge in [-0.1, -0.05) is 12.1 Å². The summed E-state index contributed by atoms with van der Waals surface area (Å²) in [5.74, 6) is -1.36. The highest BCUT2D eigenvalue weighted by Crippen LogP contribution is 2.37. The fourth-order valence-corrected chi connectivity index (χ4v) is 6.24. The van der Waals surface area contributed by atoms with Crippen molar-refractivity contribution in [2.75, 3.05) is 11.9 Å². The molecule has 0 fully saturated rings. The molecule has 27 heavy (non-hydrogen) atoms. The SMILES string of the molecule is N#Cc1c(NC(=O)CN2C(=O)c3ccccc3S2(=O)=O)sc2c1CCCC2. The third-order valence-corrected chi connectivity index (χ3v) is 7.73. The zero-order valence-electron chi connectivity index (χ0n) is 14.2. The Morgan fingerprint density at radius 1 is 1.26 bits per heavy atom. The van der Waals surface area contributed by atoms with Gasteiger partial charge < -0.3 is 5.32 Å². The molecule has 0 radical (unpaired) electrons. The topological polar surface area (TPSA) is 107 Å². The summed E-state index contributed by atoms with van der Waals surface area (Å²) < 4.78 is 25.7. The summed E-state index contributed by atoms with van der Waals surface area (Å²) in [5.41, 5.74) is 1.48. The maximum absolute atomic E-state index is 12.5. The minimum absolute atomic E-state index is 0.0644. The lowest BCUT2D eigenvalue weighted by Gasteiger charge is -2.14. The van der Waals surface area contributed by atoms with E-state index in [0.29, 0.717) is 14.9 Å². The van der Waals surface area contributed by atoms with Gasteiger partial charge in [0.1, 0.15) is 22.5 Å². The first-order chi connectivity index (χ1) is 12.9. The van der Waals surface area contributed by atoms with Gasteiger partial charge in [-0.25, -0.2) is 12.7 Å². The molecular formula is C18H15N3O4S2. The Balaban J connectivity index is 1.57. The average Bonchev–Trinajstić information content (AvgIpc) is 3.10. The quantitative estimate of drug-likeness (QED) is 0.849. The molecule has 1 aromatic heterocycles. The molecule has 1 aliphatic carbocycles. The van der Waals surface area contributed by atoms with Crippen LogP contribution in [0.5, 0.6) is 0 Å². The Bertz CT molecular complexity index is 1110. The van der Waals surface area contributed by atoms with Crippen molar-refractivity contribution in [3.05, 3.63) is 45.8 Å². The van der Waals surface area contributed by atoms with Crippen molar-refractivity contribution in [2.45, 2.75) is 30.6 Å². The molecule has 1 aromatic carbocycles. The van der Waals surface area contributed by atoms with E-state index in [1.165, 1.54) is 29.5 Å². The Kier molecular flexibility index (Phi) is 4.25. The van der Waals surface area contributed by atoms with Crippen molar-refractivity contribution in [3.63, 3.8) is 0 Å². The Morgan fingerprint density at radius 2 is 2.00 bits per heavy atom. The molecule has 0 atom stereocenters. The molecule has 9 heteroatoms. The number of benzene rings is 1. The van der Waals surface area contributed by atoms with Crippen LogP contribution in [-0.4, -0.2) is 31.1 Å². The lowest BCUT2D eigenvalue weighted by molar-refractivity contribution is -0.116. The van der Waals surface area contributed by atoms with E-state index in [1.807, 2.05) is 0 Å². The van der Waals surface area contributed by atoms with Crippen LogP contribution in [-0.2, 0) is 27.7 Å². The van der Waals surface area contributed by atoms with Crippen molar-refractivity contribution in [3.8, 4) is 6.07 Å². The molecule has 1 aliphatic heterocycles. The number of nitriles is 1. The maximum atomic E-state index is 12.5. The molecule has 2 aromatic rings. The van der Waals surface area contributed by atoms with Crippen LogP contribution < -0.4 is 5.32 Å². The van der Waals surface area contributed by atoms with E-state index in [9.17, 15) is 23.3 Å². The molecule has 2 amide bonds. The lowest BCUT2D eigenvalue weighted by Crippen LogP contribution is -2.37. The molecule has 1 N–H and O–H groups in total. The van der Waals surface area contributed by atoms with E-state index in [2.05, 4.69) is 11.4 Å². The van der Waals surface area contributed by atoms with Crippen molar-refractivity contribution < 1.29 is 18.0 Å². The van der Waals surface area contributed by atoms with E-state index in [-0.39, 0.29) is 10.5 Å². The second kappa shape index (κ2) is 6.48. The highest BCUT2D eigenvalue weighted by molar-refractivity contribution is 7.90. The Hall–Kier alpha value is -2.70.